The number of rotatable bonds is 5. The third-order valence-corrected chi connectivity index (χ3v) is 4.50. The highest BCUT2D eigenvalue weighted by atomic mass is 32.1. The maximum atomic E-state index is 12.3. The molecule has 0 radical (unpaired) electrons. The highest BCUT2D eigenvalue weighted by Gasteiger charge is 2.18. The summed E-state index contributed by atoms with van der Waals surface area (Å²) < 4.78 is 1.82. The molecule has 0 aliphatic rings. The highest BCUT2D eigenvalue weighted by Crippen LogP contribution is 2.27. The van der Waals surface area contributed by atoms with Crippen LogP contribution in [0.4, 0.5) is 0 Å². The maximum absolute atomic E-state index is 12.3. The minimum atomic E-state index is -0.0401. The molecule has 0 aromatic carbocycles. The first-order chi connectivity index (χ1) is 9.42. The van der Waals surface area contributed by atoms with Gasteiger partial charge in [0, 0.05) is 25.0 Å². The van der Waals surface area contributed by atoms with Gasteiger partial charge in [0.15, 0.2) is 0 Å². The Balaban J connectivity index is 2.16. The molecule has 0 bridgehead atoms. The van der Waals surface area contributed by atoms with Crippen LogP contribution < -0.4 is 11.1 Å². The van der Waals surface area contributed by atoms with Gasteiger partial charge in [-0.25, -0.2) is 0 Å². The number of nitrogens with one attached hydrogen (secondary N) is 1. The van der Waals surface area contributed by atoms with Gasteiger partial charge in [0.2, 0.25) is 0 Å². The van der Waals surface area contributed by atoms with Gasteiger partial charge in [-0.2, -0.15) is 5.10 Å². The van der Waals surface area contributed by atoms with Crippen molar-refractivity contribution in [3.8, 4) is 0 Å². The van der Waals surface area contributed by atoms with Crippen molar-refractivity contribution >= 4 is 27.5 Å². The minimum Gasteiger partial charge on any atom is -0.347 e. The summed E-state index contributed by atoms with van der Waals surface area (Å²) >= 11 is 1.47. The average Bonchev–Trinajstić information content (AvgIpc) is 2.91. The third kappa shape index (κ3) is 3.02. The van der Waals surface area contributed by atoms with E-state index in [2.05, 4.69) is 24.3 Å². The number of hydrogen-bond donors (Lipinski definition) is 2. The van der Waals surface area contributed by atoms with Crippen molar-refractivity contribution in [2.75, 3.05) is 6.54 Å². The smallest absolute Gasteiger partial charge is 0.261 e. The van der Waals surface area contributed by atoms with Crippen molar-refractivity contribution in [1.29, 1.82) is 0 Å². The molecule has 0 saturated carbocycles. The molecular formula is C14H22N4OS. The van der Waals surface area contributed by atoms with Crippen LogP contribution in [0.3, 0.4) is 0 Å². The lowest BCUT2D eigenvalue weighted by atomic mass is 10.0. The molecule has 2 aromatic rings. The molecule has 2 heterocycles. The van der Waals surface area contributed by atoms with E-state index in [0.717, 1.165) is 27.2 Å². The molecule has 2 rings (SSSR count). The molecule has 2 aromatic heterocycles. The molecule has 0 aliphatic heterocycles. The Morgan fingerprint density at radius 3 is 2.80 bits per heavy atom. The molecule has 20 heavy (non-hydrogen) atoms. The summed E-state index contributed by atoms with van der Waals surface area (Å²) in [5.41, 5.74) is 6.68. The Morgan fingerprint density at radius 2 is 2.25 bits per heavy atom. The van der Waals surface area contributed by atoms with Crippen molar-refractivity contribution in [1.82, 2.24) is 15.1 Å². The summed E-state index contributed by atoms with van der Waals surface area (Å²) in [6, 6.07) is 1.95. The number of thiophene rings is 1. The molecule has 6 heteroatoms. The molecule has 0 aliphatic carbocycles. The molecule has 110 valence electrons. The number of carbonyl (C=O) groups is 1. The van der Waals surface area contributed by atoms with Gasteiger partial charge in [-0.05, 0) is 25.3 Å². The van der Waals surface area contributed by atoms with E-state index in [4.69, 9.17) is 5.73 Å². The van der Waals surface area contributed by atoms with Crippen molar-refractivity contribution in [3.63, 3.8) is 0 Å². The quantitative estimate of drug-likeness (QED) is 0.886. The van der Waals surface area contributed by atoms with Crippen LogP contribution in [0, 0.1) is 12.8 Å². The summed E-state index contributed by atoms with van der Waals surface area (Å²) in [4.78, 5) is 14.0. The second-order valence-corrected chi connectivity index (χ2v) is 6.60. The topological polar surface area (TPSA) is 72.9 Å². The van der Waals surface area contributed by atoms with Crippen LogP contribution >= 0.6 is 11.3 Å². The first kappa shape index (κ1) is 15.0. The van der Waals surface area contributed by atoms with Gasteiger partial charge in [-0.1, -0.05) is 13.8 Å². The van der Waals surface area contributed by atoms with Crippen molar-refractivity contribution in [2.24, 2.45) is 18.7 Å². The number of fused-ring (bicyclic) bond motifs is 1. The lowest BCUT2D eigenvalue weighted by molar-refractivity contribution is 0.0938. The summed E-state index contributed by atoms with van der Waals surface area (Å²) in [6.07, 6.45) is 0.897. The second kappa shape index (κ2) is 5.93. The lowest BCUT2D eigenvalue weighted by Crippen LogP contribution is -2.40. The Labute approximate surface area is 123 Å². The van der Waals surface area contributed by atoms with E-state index < -0.39 is 0 Å². The predicted molar refractivity (Wildman–Crippen MR) is 83.1 cm³/mol. The number of nitrogens with two attached hydrogens (primary N) is 1. The first-order valence-corrected chi connectivity index (χ1v) is 7.68. The highest BCUT2D eigenvalue weighted by molar-refractivity contribution is 7.20. The zero-order chi connectivity index (χ0) is 14.9. The first-order valence-electron chi connectivity index (χ1n) is 6.86. The molecule has 3 N–H and O–H groups in total. The van der Waals surface area contributed by atoms with Crippen LogP contribution in [-0.4, -0.2) is 28.3 Å². The molecule has 0 fully saturated rings. The number of amides is 1. The standard InChI is InChI=1S/C14H22N4OS/c1-8(2)5-10(7-15)16-13(19)12-6-11-9(3)17-18(4)14(11)20-12/h6,8,10H,5,7,15H2,1-4H3,(H,16,19). The van der Waals surface area contributed by atoms with E-state index in [1.54, 1.807) is 0 Å². The molecule has 5 nitrogen and oxygen atoms in total. The monoisotopic (exact) mass is 294 g/mol. The van der Waals surface area contributed by atoms with Gasteiger partial charge in [-0.15, -0.1) is 11.3 Å². The Morgan fingerprint density at radius 1 is 1.55 bits per heavy atom. The SMILES string of the molecule is Cc1nn(C)c2sc(C(=O)NC(CN)CC(C)C)cc12. The Bertz CT molecular complexity index is 579. The number of hydrogen-bond acceptors (Lipinski definition) is 4. The lowest BCUT2D eigenvalue weighted by Gasteiger charge is -2.18. The van der Waals surface area contributed by atoms with Crippen molar-refractivity contribution < 1.29 is 4.79 Å². The van der Waals surface area contributed by atoms with Gasteiger partial charge in [-0.3, -0.25) is 9.48 Å². The zero-order valence-corrected chi connectivity index (χ0v) is 13.3. The zero-order valence-electron chi connectivity index (χ0n) is 12.4. The van der Waals surface area contributed by atoms with Crippen LogP contribution in [0.1, 0.15) is 35.6 Å². The second-order valence-electron chi connectivity index (χ2n) is 5.57. The number of aromatic nitrogens is 2. The molecule has 0 saturated heterocycles. The van der Waals surface area contributed by atoms with E-state index >= 15 is 0 Å². The van der Waals surface area contributed by atoms with Gasteiger partial charge in [0.1, 0.15) is 4.83 Å². The normalized spacial score (nSPS) is 13.1. The summed E-state index contributed by atoms with van der Waals surface area (Å²) in [7, 11) is 1.90. The van der Waals surface area contributed by atoms with Gasteiger partial charge in [0.25, 0.3) is 5.91 Å². The third-order valence-electron chi connectivity index (χ3n) is 3.30. The van der Waals surface area contributed by atoms with Crippen LogP contribution in [0.25, 0.3) is 10.2 Å². The number of carbonyl (C=O) groups excluding carboxylic acids is 1. The van der Waals surface area contributed by atoms with Crippen LogP contribution in [0.2, 0.25) is 0 Å². The Kier molecular flexibility index (Phi) is 4.45. The molecule has 1 atom stereocenters. The van der Waals surface area contributed by atoms with E-state index in [9.17, 15) is 4.79 Å². The Hall–Kier alpha value is -1.40. The maximum Gasteiger partial charge on any atom is 0.261 e. The van der Waals surface area contributed by atoms with E-state index in [1.165, 1.54) is 11.3 Å². The van der Waals surface area contributed by atoms with Gasteiger partial charge < -0.3 is 11.1 Å². The number of aryl methyl sites for hydroxylation is 2. The van der Waals surface area contributed by atoms with Gasteiger partial charge in [0.05, 0.1) is 10.6 Å². The van der Waals surface area contributed by atoms with Gasteiger partial charge >= 0.3 is 0 Å². The minimum absolute atomic E-state index is 0.0342. The average molecular weight is 294 g/mol. The fourth-order valence-electron chi connectivity index (χ4n) is 2.36. The largest absolute Gasteiger partial charge is 0.347 e. The fourth-order valence-corrected chi connectivity index (χ4v) is 3.38. The van der Waals surface area contributed by atoms with E-state index in [-0.39, 0.29) is 11.9 Å². The van der Waals surface area contributed by atoms with Crippen LogP contribution in [-0.2, 0) is 7.05 Å². The van der Waals surface area contributed by atoms with E-state index in [0.29, 0.717) is 12.5 Å². The van der Waals surface area contributed by atoms with Crippen molar-refractivity contribution in [2.45, 2.75) is 33.2 Å². The number of nitrogens with zero attached hydrogens (tertiary/aromatic N) is 2. The predicted octanol–water partition coefficient (Wildman–Crippen LogP) is 2.05. The molecule has 1 amide bonds. The van der Waals surface area contributed by atoms with Crippen molar-refractivity contribution in [3.05, 3.63) is 16.6 Å². The molecule has 1 unspecified atom stereocenters. The summed E-state index contributed by atoms with van der Waals surface area (Å²) in [6.45, 7) is 6.68. The molecule has 0 spiro atoms. The van der Waals surface area contributed by atoms with E-state index in [1.807, 2.05) is 24.7 Å². The summed E-state index contributed by atoms with van der Waals surface area (Å²) in [5, 5.41) is 8.41. The van der Waals surface area contributed by atoms with Crippen LogP contribution in [0.15, 0.2) is 6.07 Å². The van der Waals surface area contributed by atoms with Crippen LogP contribution in [0.5, 0.6) is 0 Å². The molecular weight excluding hydrogens is 272 g/mol. The fraction of sp³-hybridized carbons (Fsp3) is 0.571. The summed E-state index contributed by atoms with van der Waals surface area (Å²) in [5.74, 6) is 0.472.